The maximum atomic E-state index is 12.0. The number of nitrogens with zero attached hydrogens (tertiary/aromatic N) is 1. The Hall–Kier alpha value is -2.75. The number of aromatic nitrogens is 1. The first-order valence-electron chi connectivity index (χ1n) is 7.29. The maximum absolute atomic E-state index is 12.0. The number of hydrogen-bond acceptors (Lipinski definition) is 1. The smallest absolute Gasteiger partial charge is 0.319 e. The zero-order valence-corrected chi connectivity index (χ0v) is 12.8. The number of para-hydroxylation sites is 2. The Kier molecular flexibility index (Phi) is 3.83. The van der Waals surface area contributed by atoms with Crippen molar-refractivity contribution in [3.8, 4) is 0 Å². The van der Waals surface area contributed by atoms with E-state index in [1.807, 2.05) is 49.5 Å². The second-order valence-corrected chi connectivity index (χ2v) is 5.31. The number of fused-ring (bicyclic) bond motifs is 1. The zero-order chi connectivity index (χ0) is 15.5. The van der Waals surface area contributed by atoms with E-state index in [0.717, 1.165) is 11.3 Å². The summed E-state index contributed by atoms with van der Waals surface area (Å²) in [5, 5.41) is 6.94. The number of rotatable bonds is 3. The quantitative estimate of drug-likeness (QED) is 0.758. The minimum Gasteiger partial charge on any atom is -0.348 e. The first-order chi connectivity index (χ1) is 10.7. The summed E-state index contributed by atoms with van der Waals surface area (Å²) in [6, 6.07) is 17.5. The molecule has 0 unspecified atom stereocenters. The number of carbonyl (C=O) groups is 1. The third-order valence-corrected chi connectivity index (χ3v) is 3.99. The van der Waals surface area contributed by atoms with Crippen molar-refractivity contribution in [2.45, 2.75) is 13.5 Å². The first kappa shape index (κ1) is 14.2. The van der Waals surface area contributed by atoms with Gasteiger partial charge in [0.05, 0.1) is 0 Å². The molecule has 2 N–H and O–H groups in total. The van der Waals surface area contributed by atoms with Crippen LogP contribution in [0.4, 0.5) is 10.5 Å². The Bertz CT molecular complexity index is 806. The molecule has 4 nitrogen and oxygen atoms in total. The predicted octanol–water partition coefficient (Wildman–Crippen LogP) is 3.81. The molecule has 22 heavy (non-hydrogen) atoms. The van der Waals surface area contributed by atoms with Crippen LogP contribution in [-0.2, 0) is 13.6 Å². The Morgan fingerprint density at radius 1 is 1.05 bits per heavy atom. The Morgan fingerprint density at radius 2 is 1.73 bits per heavy atom. The second-order valence-electron chi connectivity index (χ2n) is 5.31. The van der Waals surface area contributed by atoms with E-state index in [1.54, 1.807) is 0 Å². The van der Waals surface area contributed by atoms with Crippen molar-refractivity contribution in [1.29, 1.82) is 0 Å². The fourth-order valence-electron chi connectivity index (χ4n) is 2.69. The van der Waals surface area contributed by atoms with Gasteiger partial charge in [0.25, 0.3) is 0 Å². The molecule has 0 aliphatic carbocycles. The van der Waals surface area contributed by atoms with Crippen LogP contribution in [0, 0.1) is 6.92 Å². The number of anilines is 1. The summed E-state index contributed by atoms with van der Waals surface area (Å²) in [5.41, 5.74) is 4.29. The number of urea groups is 1. The van der Waals surface area contributed by atoms with E-state index in [-0.39, 0.29) is 6.03 Å². The van der Waals surface area contributed by atoms with Gasteiger partial charge in [0.1, 0.15) is 0 Å². The van der Waals surface area contributed by atoms with Gasteiger partial charge in [-0.25, -0.2) is 4.79 Å². The van der Waals surface area contributed by atoms with Gasteiger partial charge < -0.3 is 15.2 Å². The number of hydrogen-bond donors (Lipinski definition) is 2. The molecule has 0 saturated heterocycles. The summed E-state index contributed by atoms with van der Waals surface area (Å²) in [5.74, 6) is 0. The van der Waals surface area contributed by atoms with E-state index in [0.29, 0.717) is 6.54 Å². The molecule has 0 saturated carbocycles. The van der Waals surface area contributed by atoms with E-state index in [2.05, 4.69) is 34.3 Å². The minimum absolute atomic E-state index is 0.196. The minimum atomic E-state index is -0.196. The molecule has 0 radical (unpaired) electrons. The van der Waals surface area contributed by atoms with Crippen LogP contribution in [0.5, 0.6) is 0 Å². The number of nitrogens with one attached hydrogen (secondary N) is 2. The third kappa shape index (κ3) is 2.68. The number of aryl methyl sites for hydroxylation is 1. The SMILES string of the molecule is Cc1c(CNC(=O)Nc2ccccc2)c2ccccc2n1C. The van der Waals surface area contributed by atoms with Crippen molar-refractivity contribution in [1.82, 2.24) is 9.88 Å². The lowest BCUT2D eigenvalue weighted by molar-refractivity contribution is 0.252. The molecule has 3 rings (SSSR count). The average Bonchev–Trinajstić information content (AvgIpc) is 2.78. The van der Waals surface area contributed by atoms with E-state index >= 15 is 0 Å². The highest BCUT2D eigenvalue weighted by atomic mass is 16.2. The van der Waals surface area contributed by atoms with Crippen molar-refractivity contribution in [2.75, 3.05) is 5.32 Å². The Balaban J connectivity index is 1.74. The van der Waals surface area contributed by atoms with Gasteiger partial charge in [0.2, 0.25) is 0 Å². The molecule has 2 aromatic carbocycles. The fourth-order valence-corrected chi connectivity index (χ4v) is 2.69. The highest BCUT2D eigenvalue weighted by Gasteiger charge is 2.12. The highest BCUT2D eigenvalue weighted by Crippen LogP contribution is 2.24. The number of carbonyl (C=O) groups excluding carboxylic acids is 1. The molecule has 0 fully saturated rings. The van der Waals surface area contributed by atoms with Crippen LogP contribution in [0.1, 0.15) is 11.3 Å². The average molecular weight is 293 g/mol. The summed E-state index contributed by atoms with van der Waals surface area (Å²) in [6.45, 7) is 2.58. The lowest BCUT2D eigenvalue weighted by atomic mass is 10.1. The summed E-state index contributed by atoms with van der Waals surface area (Å²) in [7, 11) is 2.05. The van der Waals surface area contributed by atoms with Gasteiger partial charge in [0.15, 0.2) is 0 Å². The maximum Gasteiger partial charge on any atom is 0.319 e. The first-order valence-corrected chi connectivity index (χ1v) is 7.29. The number of benzene rings is 2. The monoisotopic (exact) mass is 293 g/mol. The van der Waals surface area contributed by atoms with Gasteiger partial charge >= 0.3 is 6.03 Å². The molecular weight excluding hydrogens is 274 g/mol. The van der Waals surface area contributed by atoms with Gasteiger partial charge in [-0.05, 0) is 30.7 Å². The van der Waals surface area contributed by atoms with Crippen molar-refractivity contribution < 1.29 is 4.79 Å². The predicted molar refractivity (Wildman–Crippen MR) is 90.0 cm³/mol. The molecule has 1 aromatic heterocycles. The van der Waals surface area contributed by atoms with Crippen LogP contribution in [0.2, 0.25) is 0 Å². The Morgan fingerprint density at radius 3 is 2.50 bits per heavy atom. The Labute approximate surface area is 129 Å². The van der Waals surface area contributed by atoms with Crippen molar-refractivity contribution >= 4 is 22.6 Å². The van der Waals surface area contributed by atoms with E-state index < -0.39 is 0 Å². The normalized spacial score (nSPS) is 10.6. The van der Waals surface area contributed by atoms with Crippen LogP contribution in [-0.4, -0.2) is 10.6 Å². The zero-order valence-electron chi connectivity index (χ0n) is 12.8. The molecule has 2 amide bonds. The summed E-state index contributed by atoms with van der Waals surface area (Å²) in [4.78, 5) is 12.0. The topological polar surface area (TPSA) is 46.1 Å². The molecule has 112 valence electrons. The molecule has 1 heterocycles. The fraction of sp³-hybridized carbons (Fsp3) is 0.167. The molecular formula is C18H19N3O. The van der Waals surface area contributed by atoms with Crippen LogP contribution >= 0.6 is 0 Å². The lowest BCUT2D eigenvalue weighted by Gasteiger charge is -2.08. The molecule has 0 spiro atoms. The molecule has 3 aromatic rings. The van der Waals surface area contributed by atoms with E-state index in [1.165, 1.54) is 16.6 Å². The van der Waals surface area contributed by atoms with Gasteiger partial charge in [-0.1, -0.05) is 36.4 Å². The second kappa shape index (κ2) is 5.93. The standard InChI is InChI=1S/C18H19N3O/c1-13-16(15-10-6-7-11-17(15)21(13)2)12-19-18(22)20-14-8-4-3-5-9-14/h3-11H,12H2,1-2H3,(H2,19,20,22). The van der Waals surface area contributed by atoms with Gasteiger partial charge in [-0.3, -0.25) is 0 Å². The largest absolute Gasteiger partial charge is 0.348 e. The van der Waals surface area contributed by atoms with Crippen LogP contribution < -0.4 is 10.6 Å². The lowest BCUT2D eigenvalue weighted by Crippen LogP contribution is -2.28. The van der Waals surface area contributed by atoms with Gasteiger partial charge in [-0.2, -0.15) is 0 Å². The van der Waals surface area contributed by atoms with E-state index in [9.17, 15) is 4.79 Å². The molecule has 0 atom stereocenters. The number of amides is 2. The van der Waals surface area contributed by atoms with E-state index in [4.69, 9.17) is 0 Å². The molecule has 0 bridgehead atoms. The van der Waals surface area contributed by atoms with Crippen LogP contribution in [0.3, 0.4) is 0 Å². The molecule has 0 aliphatic rings. The molecule has 4 heteroatoms. The highest BCUT2D eigenvalue weighted by molar-refractivity contribution is 5.90. The van der Waals surface area contributed by atoms with Gasteiger partial charge in [0, 0.05) is 35.9 Å². The summed E-state index contributed by atoms with van der Waals surface area (Å²) < 4.78 is 2.15. The molecule has 0 aliphatic heterocycles. The van der Waals surface area contributed by atoms with Crippen LogP contribution in [0.25, 0.3) is 10.9 Å². The van der Waals surface area contributed by atoms with Gasteiger partial charge in [-0.15, -0.1) is 0 Å². The summed E-state index contributed by atoms with van der Waals surface area (Å²) >= 11 is 0. The third-order valence-electron chi connectivity index (χ3n) is 3.99. The van der Waals surface area contributed by atoms with Crippen LogP contribution in [0.15, 0.2) is 54.6 Å². The summed E-state index contributed by atoms with van der Waals surface area (Å²) in [6.07, 6.45) is 0. The van der Waals surface area contributed by atoms with Crippen molar-refractivity contribution in [2.24, 2.45) is 7.05 Å². The van der Waals surface area contributed by atoms with Crippen molar-refractivity contribution in [3.63, 3.8) is 0 Å². The van der Waals surface area contributed by atoms with Crippen molar-refractivity contribution in [3.05, 3.63) is 65.9 Å².